The van der Waals surface area contributed by atoms with Gasteiger partial charge in [-0.2, -0.15) is 4.39 Å². The van der Waals surface area contributed by atoms with Gasteiger partial charge in [-0.15, -0.1) is 0 Å². The molecule has 1 aromatic heterocycles. The van der Waals surface area contributed by atoms with E-state index in [4.69, 9.17) is 4.74 Å². The molecule has 0 aliphatic heterocycles. The van der Waals surface area contributed by atoms with Crippen molar-refractivity contribution in [2.24, 2.45) is 0 Å². The lowest BCUT2D eigenvalue weighted by Crippen LogP contribution is -2.08. The zero-order valence-electron chi connectivity index (χ0n) is 10.6. The molecular formula is C15H14FNO2. The SMILES string of the molecule is CCCc1ccc(C(=O)Oc2ccc(F)nc2)cc1. The molecule has 0 saturated heterocycles. The van der Waals surface area contributed by atoms with Gasteiger partial charge in [-0.25, -0.2) is 9.78 Å². The summed E-state index contributed by atoms with van der Waals surface area (Å²) < 4.78 is 17.7. The number of hydrogen-bond donors (Lipinski definition) is 0. The first kappa shape index (κ1) is 13.2. The van der Waals surface area contributed by atoms with Crippen molar-refractivity contribution >= 4 is 5.97 Å². The Hall–Kier alpha value is -2.23. The minimum absolute atomic E-state index is 0.226. The summed E-state index contributed by atoms with van der Waals surface area (Å²) >= 11 is 0. The third-order valence-corrected chi connectivity index (χ3v) is 2.64. The molecule has 1 heterocycles. The minimum Gasteiger partial charge on any atom is -0.421 e. The van der Waals surface area contributed by atoms with Gasteiger partial charge in [-0.05, 0) is 36.2 Å². The van der Waals surface area contributed by atoms with Crippen molar-refractivity contribution in [3.8, 4) is 5.75 Å². The van der Waals surface area contributed by atoms with Crippen molar-refractivity contribution in [3.63, 3.8) is 0 Å². The van der Waals surface area contributed by atoms with Crippen molar-refractivity contribution in [3.05, 3.63) is 59.7 Å². The summed E-state index contributed by atoms with van der Waals surface area (Å²) in [5.41, 5.74) is 1.65. The lowest BCUT2D eigenvalue weighted by molar-refractivity contribution is 0.0734. The van der Waals surface area contributed by atoms with Crippen LogP contribution in [0, 0.1) is 5.95 Å². The van der Waals surface area contributed by atoms with Crippen LogP contribution < -0.4 is 4.74 Å². The molecule has 0 atom stereocenters. The van der Waals surface area contributed by atoms with Gasteiger partial charge in [0.05, 0.1) is 11.8 Å². The van der Waals surface area contributed by atoms with E-state index in [2.05, 4.69) is 11.9 Å². The average molecular weight is 259 g/mol. The number of esters is 1. The molecule has 0 radical (unpaired) electrons. The second kappa shape index (κ2) is 6.09. The molecule has 98 valence electrons. The van der Waals surface area contributed by atoms with Crippen molar-refractivity contribution in [1.82, 2.24) is 4.98 Å². The van der Waals surface area contributed by atoms with Crippen LogP contribution in [0.3, 0.4) is 0 Å². The molecule has 0 aliphatic carbocycles. The fraction of sp³-hybridized carbons (Fsp3) is 0.200. The van der Waals surface area contributed by atoms with Gasteiger partial charge >= 0.3 is 5.97 Å². The van der Waals surface area contributed by atoms with Crippen LogP contribution in [0.1, 0.15) is 29.3 Å². The highest BCUT2D eigenvalue weighted by atomic mass is 19.1. The van der Waals surface area contributed by atoms with Crippen LogP contribution in [0.25, 0.3) is 0 Å². The number of halogens is 1. The first-order valence-corrected chi connectivity index (χ1v) is 6.11. The number of hydrogen-bond acceptors (Lipinski definition) is 3. The van der Waals surface area contributed by atoms with E-state index in [0.717, 1.165) is 18.9 Å². The lowest BCUT2D eigenvalue weighted by atomic mass is 10.1. The number of benzene rings is 1. The zero-order valence-corrected chi connectivity index (χ0v) is 10.6. The average Bonchev–Trinajstić information content (AvgIpc) is 2.42. The van der Waals surface area contributed by atoms with E-state index in [9.17, 15) is 9.18 Å². The van der Waals surface area contributed by atoms with Gasteiger partial charge in [0.15, 0.2) is 0 Å². The number of carbonyl (C=O) groups excluding carboxylic acids is 1. The summed E-state index contributed by atoms with van der Waals surface area (Å²) in [7, 11) is 0. The first-order chi connectivity index (χ1) is 9.19. The van der Waals surface area contributed by atoms with E-state index in [1.54, 1.807) is 12.1 Å². The number of carbonyl (C=O) groups is 1. The van der Waals surface area contributed by atoms with Crippen molar-refractivity contribution in [2.45, 2.75) is 19.8 Å². The molecule has 0 fully saturated rings. The zero-order chi connectivity index (χ0) is 13.7. The van der Waals surface area contributed by atoms with Gasteiger partial charge < -0.3 is 4.74 Å². The van der Waals surface area contributed by atoms with Gasteiger partial charge in [0.1, 0.15) is 5.75 Å². The maximum absolute atomic E-state index is 12.6. The molecule has 19 heavy (non-hydrogen) atoms. The number of ether oxygens (including phenoxy) is 1. The lowest BCUT2D eigenvalue weighted by Gasteiger charge is -2.04. The molecule has 0 bridgehead atoms. The summed E-state index contributed by atoms with van der Waals surface area (Å²) in [5, 5.41) is 0. The van der Waals surface area contributed by atoms with Crippen LogP contribution in [0.4, 0.5) is 4.39 Å². The topological polar surface area (TPSA) is 39.2 Å². The van der Waals surface area contributed by atoms with Crippen molar-refractivity contribution in [1.29, 1.82) is 0 Å². The Kier molecular flexibility index (Phi) is 4.23. The normalized spacial score (nSPS) is 10.2. The van der Waals surface area contributed by atoms with E-state index in [1.807, 2.05) is 12.1 Å². The van der Waals surface area contributed by atoms with Crippen LogP contribution >= 0.6 is 0 Å². The Morgan fingerprint density at radius 2 is 1.95 bits per heavy atom. The second-order valence-corrected chi connectivity index (χ2v) is 4.15. The monoisotopic (exact) mass is 259 g/mol. The van der Waals surface area contributed by atoms with Crippen LogP contribution in [-0.4, -0.2) is 11.0 Å². The molecule has 2 aromatic rings. The highest BCUT2D eigenvalue weighted by molar-refractivity contribution is 5.91. The van der Waals surface area contributed by atoms with E-state index in [0.29, 0.717) is 5.56 Å². The Morgan fingerprint density at radius 1 is 1.21 bits per heavy atom. The Labute approximate surface area is 111 Å². The highest BCUT2D eigenvalue weighted by Gasteiger charge is 2.08. The largest absolute Gasteiger partial charge is 0.421 e. The molecule has 0 saturated carbocycles. The first-order valence-electron chi connectivity index (χ1n) is 6.11. The molecule has 1 aromatic carbocycles. The van der Waals surface area contributed by atoms with Gasteiger partial charge in [-0.3, -0.25) is 0 Å². The minimum atomic E-state index is -0.608. The van der Waals surface area contributed by atoms with Gasteiger partial charge in [0.2, 0.25) is 5.95 Å². The molecule has 3 nitrogen and oxygen atoms in total. The van der Waals surface area contributed by atoms with Crippen LogP contribution in [0.5, 0.6) is 5.75 Å². The Bertz CT molecular complexity index is 549. The highest BCUT2D eigenvalue weighted by Crippen LogP contribution is 2.13. The molecule has 0 aliphatic rings. The molecule has 0 N–H and O–H groups in total. The number of aromatic nitrogens is 1. The summed E-state index contributed by atoms with van der Waals surface area (Å²) in [6, 6.07) is 9.78. The van der Waals surface area contributed by atoms with Crippen molar-refractivity contribution < 1.29 is 13.9 Å². The smallest absolute Gasteiger partial charge is 0.343 e. The molecule has 0 unspecified atom stereocenters. The third-order valence-electron chi connectivity index (χ3n) is 2.64. The van der Waals surface area contributed by atoms with Crippen LogP contribution in [0.2, 0.25) is 0 Å². The number of nitrogens with zero attached hydrogens (tertiary/aromatic N) is 1. The standard InChI is InChI=1S/C15H14FNO2/c1-2-3-11-4-6-12(7-5-11)15(18)19-13-8-9-14(16)17-10-13/h4-10H,2-3H2,1H3. The van der Waals surface area contributed by atoms with Gasteiger partial charge in [0, 0.05) is 0 Å². The molecular weight excluding hydrogens is 245 g/mol. The Balaban J connectivity index is 2.05. The van der Waals surface area contributed by atoms with E-state index >= 15 is 0 Å². The summed E-state index contributed by atoms with van der Waals surface area (Å²) in [6.45, 7) is 2.10. The predicted octanol–water partition coefficient (Wildman–Crippen LogP) is 3.39. The van der Waals surface area contributed by atoms with Crippen molar-refractivity contribution in [2.75, 3.05) is 0 Å². The van der Waals surface area contributed by atoms with Gasteiger partial charge in [0.25, 0.3) is 0 Å². The van der Waals surface area contributed by atoms with Crippen LogP contribution in [-0.2, 0) is 6.42 Å². The van der Waals surface area contributed by atoms with Gasteiger partial charge in [-0.1, -0.05) is 25.5 Å². The summed E-state index contributed by atoms with van der Waals surface area (Å²) in [4.78, 5) is 15.2. The maximum atomic E-state index is 12.6. The quantitative estimate of drug-likeness (QED) is 0.624. The maximum Gasteiger partial charge on any atom is 0.343 e. The van der Waals surface area contributed by atoms with E-state index < -0.39 is 11.9 Å². The molecule has 2 rings (SSSR count). The predicted molar refractivity (Wildman–Crippen MR) is 69.6 cm³/mol. The number of pyridine rings is 1. The summed E-state index contributed by atoms with van der Waals surface area (Å²) in [5.74, 6) is -0.857. The fourth-order valence-corrected chi connectivity index (χ4v) is 1.68. The second-order valence-electron chi connectivity index (χ2n) is 4.15. The number of aryl methyl sites for hydroxylation is 1. The Morgan fingerprint density at radius 3 is 2.53 bits per heavy atom. The molecule has 0 amide bonds. The summed E-state index contributed by atoms with van der Waals surface area (Å²) in [6.07, 6.45) is 3.22. The molecule has 4 heteroatoms. The molecule has 0 spiro atoms. The fourth-order valence-electron chi connectivity index (χ4n) is 1.68. The van der Waals surface area contributed by atoms with E-state index in [-0.39, 0.29) is 5.75 Å². The van der Waals surface area contributed by atoms with E-state index in [1.165, 1.54) is 17.8 Å². The third kappa shape index (κ3) is 3.61. The van der Waals surface area contributed by atoms with Crippen LogP contribution in [0.15, 0.2) is 42.6 Å². The number of rotatable bonds is 4.